The predicted octanol–water partition coefficient (Wildman–Crippen LogP) is 9.73. The molecule has 1 nitrogen and oxygen atoms in total. The minimum atomic E-state index is -0.0207. The lowest BCUT2D eigenvalue weighted by Crippen LogP contribution is -2.25. The highest BCUT2D eigenvalue weighted by molar-refractivity contribution is 6.32. The number of nitrogens with two attached hydrogens (primary N) is 1. The van der Waals surface area contributed by atoms with E-state index in [-0.39, 0.29) is 6.04 Å². The molecule has 0 aromatic heterocycles. The number of allylic oxidation sites excluding steroid dienone is 4. The van der Waals surface area contributed by atoms with Crippen molar-refractivity contribution in [3.63, 3.8) is 0 Å². The van der Waals surface area contributed by atoms with E-state index in [1.54, 1.807) is 0 Å². The third-order valence-corrected chi connectivity index (χ3v) is 8.59. The zero-order valence-corrected chi connectivity index (χ0v) is 21.6. The van der Waals surface area contributed by atoms with Crippen molar-refractivity contribution >= 4 is 43.1 Å². The summed E-state index contributed by atoms with van der Waals surface area (Å²) in [6, 6.07) is 37.8. The Morgan fingerprint density at radius 2 is 1.24 bits per heavy atom. The third-order valence-electron chi connectivity index (χ3n) is 8.59. The Balaban J connectivity index is 1.47. The molecule has 3 unspecified atom stereocenters. The van der Waals surface area contributed by atoms with E-state index in [0.29, 0.717) is 11.8 Å². The lowest BCUT2D eigenvalue weighted by molar-refractivity contribution is 0.361. The molecule has 0 aliphatic heterocycles. The quantitative estimate of drug-likeness (QED) is 0.245. The maximum atomic E-state index is 6.90. The molecular formula is C37H31N. The van der Waals surface area contributed by atoms with Gasteiger partial charge in [0.2, 0.25) is 0 Å². The molecule has 38 heavy (non-hydrogen) atoms. The van der Waals surface area contributed by atoms with Gasteiger partial charge in [0.05, 0.1) is 0 Å². The molecule has 184 valence electrons. The van der Waals surface area contributed by atoms with Gasteiger partial charge in [0.25, 0.3) is 0 Å². The minimum Gasteiger partial charge on any atom is -0.324 e. The highest BCUT2D eigenvalue weighted by Crippen LogP contribution is 2.43. The van der Waals surface area contributed by atoms with Gasteiger partial charge >= 0.3 is 0 Å². The lowest BCUT2D eigenvalue weighted by Gasteiger charge is -2.27. The van der Waals surface area contributed by atoms with Crippen LogP contribution in [-0.2, 0) is 0 Å². The lowest BCUT2D eigenvalue weighted by atomic mass is 9.80. The zero-order chi connectivity index (χ0) is 25.6. The summed E-state index contributed by atoms with van der Waals surface area (Å²) >= 11 is 0. The van der Waals surface area contributed by atoms with E-state index in [4.69, 9.17) is 5.73 Å². The fourth-order valence-electron chi connectivity index (χ4n) is 6.48. The molecule has 2 N–H and O–H groups in total. The Bertz CT molecular complexity index is 1890. The molecule has 6 aromatic rings. The first-order valence-electron chi connectivity index (χ1n) is 13.6. The van der Waals surface area contributed by atoms with Gasteiger partial charge in [-0.3, -0.25) is 0 Å². The third kappa shape index (κ3) is 3.66. The maximum Gasteiger partial charge on any atom is 0.0326 e. The van der Waals surface area contributed by atoms with Crippen LogP contribution in [0.25, 0.3) is 54.2 Å². The van der Waals surface area contributed by atoms with Crippen molar-refractivity contribution < 1.29 is 0 Å². The van der Waals surface area contributed by atoms with Crippen LogP contribution < -0.4 is 5.73 Å². The van der Waals surface area contributed by atoms with Crippen molar-refractivity contribution in [1.82, 2.24) is 0 Å². The summed E-state index contributed by atoms with van der Waals surface area (Å²) in [6.07, 6.45) is 9.90. The molecule has 0 bridgehead atoms. The Kier molecular flexibility index (Phi) is 5.60. The van der Waals surface area contributed by atoms with E-state index in [9.17, 15) is 0 Å². The van der Waals surface area contributed by atoms with Crippen LogP contribution in [0, 0.1) is 11.8 Å². The van der Waals surface area contributed by atoms with Crippen LogP contribution in [-0.4, -0.2) is 0 Å². The monoisotopic (exact) mass is 489 g/mol. The molecule has 0 radical (unpaired) electrons. The average molecular weight is 490 g/mol. The Hall–Kier alpha value is -4.20. The van der Waals surface area contributed by atoms with Gasteiger partial charge < -0.3 is 5.73 Å². The smallest absolute Gasteiger partial charge is 0.0326 e. The fraction of sp³-hybridized carbons (Fsp3) is 0.135. The van der Waals surface area contributed by atoms with Crippen molar-refractivity contribution in [2.75, 3.05) is 0 Å². The summed E-state index contributed by atoms with van der Waals surface area (Å²) in [4.78, 5) is 0. The fourth-order valence-corrected chi connectivity index (χ4v) is 6.48. The van der Waals surface area contributed by atoms with E-state index < -0.39 is 0 Å². The molecule has 3 atom stereocenters. The van der Waals surface area contributed by atoms with Crippen LogP contribution in [0.15, 0.2) is 127 Å². The first kappa shape index (κ1) is 23.0. The molecule has 0 fully saturated rings. The van der Waals surface area contributed by atoms with E-state index in [1.165, 1.54) is 59.8 Å². The highest BCUT2D eigenvalue weighted by atomic mass is 14.7. The first-order chi connectivity index (χ1) is 18.7. The van der Waals surface area contributed by atoms with Crippen LogP contribution in [0.4, 0.5) is 0 Å². The molecule has 0 saturated heterocycles. The summed E-state index contributed by atoms with van der Waals surface area (Å²) in [5.74, 6) is 0.829. The molecule has 1 aliphatic carbocycles. The minimum absolute atomic E-state index is 0.0207. The summed E-state index contributed by atoms with van der Waals surface area (Å²) < 4.78 is 0. The van der Waals surface area contributed by atoms with Gasteiger partial charge in [-0.25, -0.2) is 0 Å². The van der Waals surface area contributed by atoms with Crippen LogP contribution in [0.2, 0.25) is 0 Å². The van der Waals surface area contributed by atoms with Crippen molar-refractivity contribution in [1.29, 1.82) is 0 Å². The molecule has 6 aromatic carbocycles. The maximum absolute atomic E-state index is 6.90. The number of hydrogen-bond acceptors (Lipinski definition) is 1. The number of rotatable bonds is 4. The second-order valence-corrected chi connectivity index (χ2v) is 10.7. The van der Waals surface area contributed by atoms with Crippen molar-refractivity contribution in [2.45, 2.75) is 19.4 Å². The van der Waals surface area contributed by atoms with E-state index >= 15 is 0 Å². The standard InChI is InChI=1S/C37H31N/c1-24(25-12-3-2-4-13-25)37(38)27-15-11-14-26(22-27)34-23-35-30-18-6-5-16-28(30)29-17-7-9-20-32(29)36(35)33-21-10-8-19-31(33)34/h2-12,14-25,37H,13,38H2,1H3. The number of hydrogen-bond donors (Lipinski definition) is 1. The molecule has 1 heteroatoms. The second kappa shape index (κ2) is 9.28. The van der Waals surface area contributed by atoms with E-state index in [1.807, 2.05) is 0 Å². The van der Waals surface area contributed by atoms with Gasteiger partial charge in [-0.2, -0.15) is 0 Å². The molecule has 0 heterocycles. The average Bonchev–Trinajstić information content (AvgIpc) is 3.00. The molecule has 0 amide bonds. The number of fused-ring (bicyclic) bond motifs is 8. The zero-order valence-electron chi connectivity index (χ0n) is 21.6. The van der Waals surface area contributed by atoms with E-state index in [0.717, 1.165) is 6.42 Å². The number of benzene rings is 6. The van der Waals surface area contributed by atoms with Crippen molar-refractivity contribution in [2.24, 2.45) is 17.6 Å². The Morgan fingerprint density at radius 1 is 0.632 bits per heavy atom. The van der Waals surface area contributed by atoms with Gasteiger partial charge in [-0.05, 0) is 90.2 Å². The SMILES string of the molecule is CC(C1C=CC=CC1)C(N)c1cccc(-c2cc3c4ccccc4c4ccccc4c3c3ccccc23)c1. The summed E-state index contributed by atoms with van der Waals surface area (Å²) in [6.45, 7) is 2.29. The van der Waals surface area contributed by atoms with Crippen LogP contribution in [0.5, 0.6) is 0 Å². The van der Waals surface area contributed by atoms with Crippen molar-refractivity contribution in [3.8, 4) is 11.1 Å². The summed E-state index contributed by atoms with van der Waals surface area (Å²) in [5.41, 5.74) is 10.6. The summed E-state index contributed by atoms with van der Waals surface area (Å²) in [7, 11) is 0. The van der Waals surface area contributed by atoms with Crippen molar-refractivity contribution in [3.05, 3.63) is 133 Å². The van der Waals surface area contributed by atoms with Crippen LogP contribution in [0.1, 0.15) is 24.9 Å². The summed E-state index contributed by atoms with van der Waals surface area (Å²) in [5, 5.41) is 10.4. The van der Waals surface area contributed by atoms with Gasteiger partial charge in [-0.15, -0.1) is 0 Å². The molecule has 1 aliphatic rings. The molecule has 0 spiro atoms. The Morgan fingerprint density at radius 3 is 1.92 bits per heavy atom. The second-order valence-electron chi connectivity index (χ2n) is 10.7. The predicted molar refractivity (Wildman–Crippen MR) is 164 cm³/mol. The van der Waals surface area contributed by atoms with Gasteiger partial charge in [0, 0.05) is 6.04 Å². The normalized spacial score (nSPS) is 16.9. The topological polar surface area (TPSA) is 26.0 Å². The largest absolute Gasteiger partial charge is 0.324 e. The molecular weight excluding hydrogens is 458 g/mol. The van der Waals surface area contributed by atoms with Crippen LogP contribution >= 0.6 is 0 Å². The van der Waals surface area contributed by atoms with Gasteiger partial charge in [0.15, 0.2) is 0 Å². The van der Waals surface area contributed by atoms with Gasteiger partial charge in [-0.1, -0.05) is 122 Å². The first-order valence-corrected chi connectivity index (χ1v) is 13.6. The Labute approximate surface area is 223 Å². The highest BCUT2D eigenvalue weighted by Gasteiger charge is 2.23. The van der Waals surface area contributed by atoms with Crippen LogP contribution in [0.3, 0.4) is 0 Å². The molecule has 7 rings (SSSR count). The molecule has 0 saturated carbocycles. The van der Waals surface area contributed by atoms with Gasteiger partial charge in [0.1, 0.15) is 0 Å². The van der Waals surface area contributed by atoms with E-state index in [2.05, 4.69) is 134 Å².